The van der Waals surface area contributed by atoms with E-state index in [9.17, 15) is 4.79 Å². The topological polar surface area (TPSA) is 78.9 Å². The van der Waals surface area contributed by atoms with E-state index in [0.717, 1.165) is 11.3 Å². The molecule has 0 aliphatic heterocycles. The Morgan fingerprint density at radius 3 is 2.61 bits per heavy atom. The first-order chi connectivity index (χ1) is 8.36. The number of oxime groups is 1. The summed E-state index contributed by atoms with van der Waals surface area (Å²) in [4.78, 5) is 13.7. The molecular formula is C10H13Cl2N3O2S. The van der Waals surface area contributed by atoms with Crippen LogP contribution in [0.25, 0.3) is 0 Å². The molecule has 0 saturated carbocycles. The normalized spacial score (nSPS) is 11.9. The van der Waals surface area contributed by atoms with Gasteiger partial charge in [0, 0.05) is 6.04 Å². The molecule has 1 amide bonds. The molecule has 5 nitrogen and oxygen atoms in total. The number of hydrogen-bond acceptors (Lipinski definition) is 4. The minimum atomic E-state index is -0.301. The number of thiophene rings is 1. The van der Waals surface area contributed by atoms with Crippen molar-refractivity contribution in [2.24, 2.45) is 10.9 Å². The van der Waals surface area contributed by atoms with Gasteiger partial charge in [-0.1, -0.05) is 28.4 Å². The van der Waals surface area contributed by atoms with Crippen molar-refractivity contribution in [1.82, 2.24) is 4.90 Å². The number of hydrogen-bond donors (Lipinski definition) is 2. The predicted molar refractivity (Wildman–Crippen MR) is 73.9 cm³/mol. The van der Waals surface area contributed by atoms with Crippen LogP contribution in [0, 0.1) is 0 Å². The van der Waals surface area contributed by atoms with Crippen molar-refractivity contribution >= 4 is 46.3 Å². The first kappa shape index (κ1) is 15.1. The zero-order valence-electron chi connectivity index (χ0n) is 9.85. The first-order valence-corrected chi connectivity index (χ1v) is 6.66. The lowest BCUT2D eigenvalue weighted by Crippen LogP contribution is -2.42. The van der Waals surface area contributed by atoms with E-state index in [-0.39, 0.29) is 24.3 Å². The predicted octanol–water partition coefficient (Wildman–Crippen LogP) is 2.65. The van der Waals surface area contributed by atoms with Gasteiger partial charge in [-0.15, -0.1) is 11.3 Å². The molecule has 1 aromatic rings. The molecule has 0 saturated heterocycles. The Labute approximate surface area is 119 Å². The van der Waals surface area contributed by atoms with Crippen molar-refractivity contribution in [3.05, 3.63) is 20.3 Å². The Morgan fingerprint density at radius 2 is 2.22 bits per heavy atom. The Morgan fingerprint density at radius 1 is 1.61 bits per heavy atom. The molecule has 3 N–H and O–H groups in total. The van der Waals surface area contributed by atoms with Crippen molar-refractivity contribution in [2.75, 3.05) is 6.54 Å². The molecule has 0 aliphatic carbocycles. The summed E-state index contributed by atoms with van der Waals surface area (Å²) in [6.45, 7) is 3.67. The Kier molecular flexibility index (Phi) is 5.25. The second-order valence-corrected chi connectivity index (χ2v) is 6.14. The van der Waals surface area contributed by atoms with E-state index >= 15 is 0 Å². The number of rotatable bonds is 4. The van der Waals surface area contributed by atoms with E-state index in [1.165, 1.54) is 11.0 Å². The molecule has 0 aromatic carbocycles. The zero-order valence-corrected chi connectivity index (χ0v) is 12.2. The van der Waals surface area contributed by atoms with Gasteiger partial charge in [-0.2, -0.15) is 0 Å². The molecule has 0 fully saturated rings. The molecule has 0 radical (unpaired) electrons. The summed E-state index contributed by atoms with van der Waals surface area (Å²) in [7, 11) is 0. The lowest BCUT2D eigenvalue weighted by molar-refractivity contribution is 0.0735. The zero-order chi connectivity index (χ0) is 13.9. The van der Waals surface area contributed by atoms with Crippen molar-refractivity contribution in [3.63, 3.8) is 0 Å². The van der Waals surface area contributed by atoms with Crippen LogP contribution >= 0.6 is 34.5 Å². The average Bonchev–Trinajstić information content (AvgIpc) is 2.63. The number of nitrogens with two attached hydrogens (primary N) is 1. The smallest absolute Gasteiger partial charge is 0.256 e. The largest absolute Gasteiger partial charge is 0.409 e. The Balaban J connectivity index is 3.00. The Bertz CT molecular complexity index is 474. The minimum Gasteiger partial charge on any atom is -0.409 e. The van der Waals surface area contributed by atoms with Crippen molar-refractivity contribution in [2.45, 2.75) is 19.9 Å². The van der Waals surface area contributed by atoms with E-state index in [4.69, 9.17) is 34.1 Å². The molecule has 8 heteroatoms. The average molecular weight is 310 g/mol. The number of halogens is 2. The summed E-state index contributed by atoms with van der Waals surface area (Å²) in [6.07, 6.45) is 0. The highest BCUT2D eigenvalue weighted by molar-refractivity contribution is 7.20. The van der Waals surface area contributed by atoms with Gasteiger partial charge >= 0.3 is 0 Å². The fourth-order valence-electron chi connectivity index (χ4n) is 1.34. The molecule has 1 aromatic heterocycles. The van der Waals surface area contributed by atoms with Gasteiger partial charge in [-0.25, -0.2) is 0 Å². The van der Waals surface area contributed by atoms with Crippen LogP contribution in [-0.2, 0) is 0 Å². The van der Waals surface area contributed by atoms with E-state index < -0.39 is 0 Å². The van der Waals surface area contributed by atoms with E-state index in [0.29, 0.717) is 14.2 Å². The summed E-state index contributed by atoms with van der Waals surface area (Å²) in [6, 6.07) is 1.39. The maximum atomic E-state index is 12.3. The van der Waals surface area contributed by atoms with Crippen LogP contribution in [0.4, 0.5) is 0 Å². The van der Waals surface area contributed by atoms with Crippen LogP contribution in [0.5, 0.6) is 0 Å². The maximum absolute atomic E-state index is 12.3. The molecular weight excluding hydrogens is 297 g/mol. The number of amides is 1. The van der Waals surface area contributed by atoms with Gasteiger partial charge in [0.2, 0.25) is 0 Å². The third kappa shape index (κ3) is 3.51. The van der Waals surface area contributed by atoms with Crippen molar-refractivity contribution in [1.29, 1.82) is 0 Å². The van der Waals surface area contributed by atoms with Crippen LogP contribution in [0.3, 0.4) is 0 Å². The molecule has 100 valence electrons. The SMILES string of the molecule is CC(C)N(C/C(N)=N/O)C(=O)c1cc(Cl)sc1Cl. The van der Waals surface area contributed by atoms with Gasteiger partial charge in [0.05, 0.1) is 16.4 Å². The number of nitrogens with zero attached hydrogens (tertiary/aromatic N) is 2. The van der Waals surface area contributed by atoms with Gasteiger partial charge in [-0.3, -0.25) is 4.79 Å². The van der Waals surface area contributed by atoms with Crippen molar-refractivity contribution in [3.8, 4) is 0 Å². The summed E-state index contributed by atoms with van der Waals surface area (Å²) in [5.41, 5.74) is 5.75. The van der Waals surface area contributed by atoms with Gasteiger partial charge < -0.3 is 15.8 Å². The second kappa shape index (κ2) is 6.26. The monoisotopic (exact) mass is 309 g/mol. The standard InChI is InChI=1S/C10H13Cl2N3O2S/c1-5(2)15(4-8(13)14-17)10(16)6-3-7(11)18-9(6)12/h3,5,17H,4H2,1-2H3,(H2,13,14). The summed E-state index contributed by atoms with van der Waals surface area (Å²) in [5, 5.41) is 11.4. The van der Waals surface area contributed by atoms with Crippen LogP contribution in [0.2, 0.25) is 8.67 Å². The molecule has 0 bridgehead atoms. The maximum Gasteiger partial charge on any atom is 0.256 e. The fraction of sp³-hybridized carbons (Fsp3) is 0.400. The second-order valence-electron chi connectivity index (χ2n) is 3.86. The lowest BCUT2D eigenvalue weighted by atomic mass is 10.2. The van der Waals surface area contributed by atoms with Crippen LogP contribution in [0.1, 0.15) is 24.2 Å². The number of carbonyl (C=O) groups is 1. The fourth-order valence-corrected chi connectivity index (χ4v) is 2.78. The molecule has 0 atom stereocenters. The molecule has 0 unspecified atom stereocenters. The van der Waals surface area contributed by atoms with Crippen LogP contribution in [0.15, 0.2) is 11.2 Å². The highest BCUT2D eigenvalue weighted by Crippen LogP contribution is 2.32. The van der Waals surface area contributed by atoms with Gasteiger partial charge in [0.15, 0.2) is 5.84 Å². The highest BCUT2D eigenvalue weighted by Gasteiger charge is 2.23. The minimum absolute atomic E-state index is 0.0246. The van der Waals surface area contributed by atoms with Crippen LogP contribution in [-0.4, -0.2) is 34.4 Å². The molecule has 1 heterocycles. The highest BCUT2D eigenvalue weighted by atomic mass is 35.5. The third-order valence-electron chi connectivity index (χ3n) is 2.23. The summed E-state index contributed by atoms with van der Waals surface area (Å²) in [5.74, 6) is -0.348. The number of carbonyl (C=O) groups excluding carboxylic acids is 1. The van der Waals surface area contributed by atoms with E-state index in [1.54, 1.807) is 0 Å². The molecule has 0 spiro atoms. The first-order valence-electron chi connectivity index (χ1n) is 5.09. The quantitative estimate of drug-likeness (QED) is 0.388. The van der Waals surface area contributed by atoms with Crippen molar-refractivity contribution < 1.29 is 10.0 Å². The van der Waals surface area contributed by atoms with Gasteiger partial charge in [-0.05, 0) is 19.9 Å². The summed E-state index contributed by atoms with van der Waals surface area (Å²) < 4.78 is 0.769. The Hall–Kier alpha value is -0.980. The lowest BCUT2D eigenvalue weighted by Gasteiger charge is -2.25. The van der Waals surface area contributed by atoms with Gasteiger partial charge in [0.1, 0.15) is 4.34 Å². The van der Waals surface area contributed by atoms with Crippen LogP contribution < -0.4 is 5.73 Å². The van der Waals surface area contributed by atoms with E-state index in [1.807, 2.05) is 13.8 Å². The third-order valence-corrected chi connectivity index (χ3v) is 3.72. The number of amidine groups is 1. The van der Waals surface area contributed by atoms with E-state index in [2.05, 4.69) is 5.16 Å². The molecule has 1 rings (SSSR count). The summed E-state index contributed by atoms with van der Waals surface area (Å²) >= 11 is 12.9. The van der Waals surface area contributed by atoms with Gasteiger partial charge in [0.25, 0.3) is 5.91 Å². The molecule has 18 heavy (non-hydrogen) atoms. The molecule has 0 aliphatic rings.